The Hall–Kier alpha value is -2.85. The van der Waals surface area contributed by atoms with Crippen molar-refractivity contribution in [2.45, 2.75) is 6.54 Å². The van der Waals surface area contributed by atoms with Gasteiger partial charge in [0, 0.05) is 32.4 Å². The van der Waals surface area contributed by atoms with Crippen LogP contribution in [0.2, 0.25) is 0 Å². The molecule has 0 N–H and O–H groups in total. The molecule has 0 aliphatic carbocycles. The molecule has 2 aromatic rings. The van der Waals surface area contributed by atoms with E-state index in [2.05, 4.69) is 25.6 Å². The lowest BCUT2D eigenvalue weighted by Gasteiger charge is -2.35. The van der Waals surface area contributed by atoms with E-state index >= 15 is 0 Å². The minimum absolute atomic E-state index is 0.221. The number of hydrogen-bond acceptors (Lipinski definition) is 7. The van der Waals surface area contributed by atoms with Gasteiger partial charge in [-0.3, -0.25) is 4.90 Å². The van der Waals surface area contributed by atoms with Crippen LogP contribution in [0.3, 0.4) is 0 Å². The van der Waals surface area contributed by atoms with Crippen LogP contribution < -0.4 is 4.90 Å². The summed E-state index contributed by atoms with van der Waals surface area (Å²) >= 11 is 0. The van der Waals surface area contributed by atoms with E-state index in [1.807, 2.05) is 0 Å². The minimum Gasteiger partial charge on any atom is -0.463 e. The summed E-state index contributed by atoms with van der Waals surface area (Å²) < 4.78 is 10.1. The number of piperazine rings is 1. The first-order chi connectivity index (χ1) is 11.7. The number of nitrogens with zero attached hydrogens (tertiary/aromatic N) is 4. The maximum atomic E-state index is 11.4. The third-order valence-electron chi connectivity index (χ3n) is 4.01. The van der Waals surface area contributed by atoms with Crippen molar-refractivity contribution in [1.82, 2.24) is 9.88 Å². The molecule has 3 rings (SSSR count). The Morgan fingerprint density at radius 3 is 2.83 bits per heavy atom. The molecule has 0 spiro atoms. The number of ether oxygens (including phenoxy) is 1. The van der Waals surface area contributed by atoms with Crippen molar-refractivity contribution in [1.29, 1.82) is 5.26 Å². The smallest absolute Gasteiger partial charge is 0.373 e. The van der Waals surface area contributed by atoms with E-state index in [9.17, 15) is 10.1 Å². The first-order valence-corrected chi connectivity index (χ1v) is 7.70. The van der Waals surface area contributed by atoms with Crippen LogP contribution in [0.25, 0.3) is 0 Å². The van der Waals surface area contributed by atoms with Crippen LogP contribution in [-0.2, 0) is 11.3 Å². The normalized spacial score (nSPS) is 15.1. The molecule has 124 valence electrons. The van der Waals surface area contributed by atoms with Gasteiger partial charge in [-0.1, -0.05) is 0 Å². The number of carbonyl (C=O) groups is 1. The summed E-state index contributed by atoms with van der Waals surface area (Å²) in [6.45, 7) is 3.87. The van der Waals surface area contributed by atoms with Crippen molar-refractivity contribution >= 4 is 11.8 Å². The quantitative estimate of drug-likeness (QED) is 0.790. The number of esters is 1. The van der Waals surface area contributed by atoms with Crippen molar-refractivity contribution in [3.05, 3.63) is 47.5 Å². The average molecular weight is 326 g/mol. The van der Waals surface area contributed by atoms with E-state index in [-0.39, 0.29) is 5.76 Å². The van der Waals surface area contributed by atoms with Gasteiger partial charge < -0.3 is 14.1 Å². The fourth-order valence-electron chi connectivity index (χ4n) is 2.75. The van der Waals surface area contributed by atoms with Crippen molar-refractivity contribution in [2.24, 2.45) is 0 Å². The molecule has 1 fully saturated rings. The topological polar surface area (TPSA) is 82.6 Å². The van der Waals surface area contributed by atoms with Gasteiger partial charge in [0.05, 0.1) is 19.2 Å². The molecule has 0 bridgehead atoms. The molecule has 0 unspecified atom stereocenters. The van der Waals surface area contributed by atoms with E-state index in [0.717, 1.165) is 37.8 Å². The van der Waals surface area contributed by atoms with Gasteiger partial charge in [0.25, 0.3) is 0 Å². The van der Waals surface area contributed by atoms with Gasteiger partial charge in [0.2, 0.25) is 5.76 Å². The van der Waals surface area contributed by atoms with Crippen LogP contribution >= 0.6 is 0 Å². The van der Waals surface area contributed by atoms with Gasteiger partial charge in [0.15, 0.2) is 0 Å². The van der Waals surface area contributed by atoms with Crippen LogP contribution in [0.15, 0.2) is 34.9 Å². The highest BCUT2D eigenvalue weighted by atomic mass is 16.5. The van der Waals surface area contributed by atoms with Crippen LogP contribution in [0.1, 0.15) is 21.9 Å². The van der Waals surface area contributed by atoms with Crippen LogP contribution in [0.4, 0.5) is 5.82 Å². The van der Waals surface area contributed by atoms with Gasteiger partial charge in [-0.25, -0.2) is 9.78 Å². The molecule has 1 aliphatic heterocycles. The largest absolute Gasteiger partial charge is 0.463 e. The van der Waals surface area contributed by atoms with Gasteiger partial charge in [0.1, 0.15) is 17.6 Å². The van der Waals surface area contributed by atoms with Crippen molar-refractivity contribution in [2.75, 3.05) is 38.2 Å². The Morgan fingerprint density at radius 1 is 1.33 bits per heavy atom. The van der Waals surface area contributed by atoms with E-state index in [0.29, 0.717) is 12.1 Å². The molecule has 0 amide bonds. The summed E-state index contributed by atoms with van der Waals surface area (Å²) in [5.74, 6) is 1.23. The zero-order valence-electron chi connectivity index (χ0n) is 13.4. The summed E-state index contributed by atoms with van der Waals surface area (Å²) in [7, 11) is 1.33. The number of pyridine rings is 1. The molecule has 0 radical (unpaired) electrons. The Labute approximate surface area is 140 Å². The number of hydrogen-bond donors (Lipinski definition) is 0. The van der Waals surface area contributed by atoms with Gasteiger partial charge in [-0.05, 0) is 24.3 Å². The molecule has 2 aromatic heterocycles. The summed E-state index contributed by atoms with van der Waals surface area (Å²) in [6.07, 6.45) is 1.71. The fraction of sp³-hybridized carbons (Fsp3) is 0.353. The minimum atomic E-state index is -0.467. The average Bonchev–Trinajstić information content (AvgIpc) is 3.10. The molecular formula is C17H18N4O3. The summed E-state index contributed by atoms with van der Waals surface area (Å²) in [4.78, 5) is 20.1. The highest BCUT2D eigenvalue weighted by Crippen LogP contribution is 2.19. The van der Waals surface area contributed by atoms with Crippen LogP contribution in [0.5, 0.6) is 0 Å². The molecule has 7 nitrogen and oxygen atoms in total. The van der Waals surface area contributed by atoms with Gasteiger partial charge in [-0.2, -0.15) is 5.26 Å². The molecule has 0 aromatic carbocycles. The second kappa shape index (κ2) is 7.15. The highest BCUT2D eigenvalue weighted by Gasteiger charge is 2.21. The SMILES string of the molecule is COC(=O)c1ccc(CN2CCN(c3ncccc3C#N)CC2)o1. The van der Waals surface area contributed by atoms with E-state index in [1.165, 1.54) is 7.11 Å². The third-order valence-corrected chi connectivity index (χ3v) is 4.01. The number of furan rings is 1. The van der Waals surface area contributed by atoms with Crippen LogP contribution in [-0.4, -0.2) is 49.1 Å². The Bertz CT molecular complexity index is 757. The number of aromatic nitrogens is 1. The first kappa shape index (κ1) is 16.0. The monoisotopic (exact) mass is 326 g/mol. The summed E-state index contributed by atoms with van der Waals surface area (Å²) in [5.41, 5.74) is 0.597. The number of carbonyl (C=O) groups excluding carboxylic acids is 1. The lowest BCUT2D eigenvalue weighted by Crippen LogP contribution is -2.46. The lowest BCUT2D eigenvalue weighted by molar-refractivity contribution is 0.0561. The Balaban J connectivity index is 1.58. The molecular weight excluding hydrogens is 308 g/mol. The number of methoxy groups -OCH3 is 1. The predicted molar refractivity (Wildman–Crippen MR) is 86.5 cm³/mol. The van der Waals surface area contributed by atoms with Crippen LogP contribution in [0, 0.1) is 11.3 Å². The predicted octanol–water partition coefficient (Wildman–Crippen LogP) is 1.66. The lowest BCUT2D eigenvalue weighted by atomic mass is 10.2. The standard InChI is InChI=1S/C17H18N4O3/c1-23-17(22)15-5-4-14(24-15)12-20-7-9-21(10-8-20)16-13(11-18)3-2-6-19-16/h2-6H,7-10,12H2,1H3. The number of rotatable bonds is 4. The second-order valence-corrected chi connectivity index (χ2v) is 5.51. The van der Waals surface area contributed by atoms with E-state index < -0.39 is 5.97 Å². The Morgan fingerprint density at radius 2 is 2.12 bits per heavy atom. The summed E-state index contributed by atoms with van der Waals surface area (Å²) in [5, 5.41) is 9.19. The maximum Gasteiger partial charge on any atom is 0.373 e. The molecule has 0 saturated carbocycles. The molecule has 1 saturated heterocycles. The van der Waals surface area contributed by atoms with Gasteiger partial charge >= 0.3 is 5.97 Å². The van der Waals surface area contributed by atoms with Crippen molar-refractivity contribution in [3.63, 3.8) is 0 Å². The third kappa shape index (κ3) is 3.39. The summed E-state index contributed by atoms with van der Waals surface area (Å²) in [6, 6.07) is 9.17. The molecule has 7 heteroatoms. The maximum absolute atomic E-state index is 11.4. The first-order valence-electron chi connectivity index (χ1n) is 7.70. The Kier molecular flexibility index (Phi) is 4.77. The molecule has 1 aliphatic rings. The van der Waals surface area contributed by atoms with Crippen molar-refractivity contribution < 1.29 is 13.9 Å². The number of nitriles is 1. The zero-order valence-corrected chi connectivity index (χ0v) is 13.4. The van der Waals surface area contributed by atoms with Crippen molar-refractivity contribution in [3.8, 4) is 6.07 Å². The van der Waals surface area contributed by atoms with E-state index in [1.54, 1.807) is 30.5 Å². The second-order valence-electron chi connectivity index (χ2n) is 5.51. The highest BCUT2D eigenvalue weighted by molar-refractivity contribution is 5.86. The number of anilines is 1. The fourth-order valence-corrected chi connectivity index (χ4v) is 2.75. The molecule has 24 heavy (non-hydrogen) atoms. The molecule has 0 atom stereocenters. The van der Waals surface area contributed by atoms with E-state index in [4.69, 9.17) is 4.42 Å². The molecule has 3 heterocycles. The zero-order chi connectivity index (χ0) is 16.9. The van der Waals surface area contributed by atoms with Gasteiger partial charge in [-0.15, -0.1) is 0 Å².